The predicted molar refractivity (Wildman–Crippen MR) is 112 cm³/mol. The van der Waals surface area contributed by atoms with Crippen molar-refractivity contribution in [3.8, 4) is 22.7 Å². The van der Waals surface area contributed by atoms with Gasteiger partial charge in [-0.1, -0.05) is 41.4 Å². The van der Waals surface area contributed by atoms with E-state index in [1.165, 1.54) is 5.56 Å². The van der Waals surface area contributed by atoms with E-state index in [-0.39, 0.29) is 0 Å². The van der Waals surface area contributed by atoms with Gasteiger partial charge in [0.25, 0.3) is 0 Å². The lowest BCUT2D eigenvalue weighted by Gasteiger charge is -2.26. The Balaban J connectivity index is 1.56. The third-order valence-electron chi connectivity index (χ3n) is 4.88. The van der Waals surface area contributed by atoms with Crippen LogP contribution in [-0.2, 0) is 4.74 Å². The third-order valence-corrected chi connectivity index (χ3v) is 5.14. The van der Waals surface area contributed by atoms with E-state index < -0.39 is 0 Å². The summed E-state index contributed by atoms with van der Waals surface area (Å²) in [6.45, 7) is 7.03. The molecule has 1 fully saturated rings. The van der Waals surface area contributed by atoms with E-state index in [1.54, 1.807) is 0 Å². The van der Waals surface area contributed by atoms with Crippen LogP contribution in [0.2, 0.25) is 5.02 Å². The number of rotatable bonds is 6. The topological polar surface area (TPSA) is 39.5 Å². The molecule has 0 atom stereocenters. The second-order valence-electron chi connectivity index (χ2n) is 6.94. The molecule has 1 aliphatic heterocycles. The molecule has 0 spiro atoms. The molecule has 0 unspecified atom stereocenters. The van der Waals surface area contributed by atoms with Crippen LogP contribution in [0.4, 0.5) is 0 Å². The maximum absolute atomic E-state index is 6.11. The second kappa shape index (κ2) is 8.78. The number of benzene rings is 2. The summed E-state index contributed by atoms with van der Waals surface area (Å²) in [6, 6.07) is 16.0. The van der Waals surface area contributed by atoms with Gasteiger partial charge in [0.1, 0.15) is 6.61 Å². The van der Waals surface area contributed by atoms with Gasteiger partial charge < -0.3 is 9.47 Å². The fourth-order valence-corrected chi connectivity index (χ4v) is 3.34. The largest absolute Gasteiger partial charge is 0.475 e. The Morgan fingerprint density at radius 3 is 2.46 bits per heavy atom. The smallest absolute Gasteiger partial charge is 0.241 e. The average Bonchev–Trinajstić information content (AvgIpc) is 3.14. The highest BCUT2D eigenvalue weighted by atomic mass is 35.5. The normalized spacial score (nSPS) is 14.9. The highest BCUT2D eigenvalue weighted by molar-refractivity contribution is 6.30. The van der Waals surface area contributed by atoms with Gasteiger partial charge in [-0.05, 0) is 36.8 Å². The molecule has 146 valence electrons. The zero-order valence-electron chi connectivity index (χ0n) is 16.0. The van der Waals surface area contributed by atoms with Gasteiger partial charge in [0.15, 0.2) is 0 Å². The monoisotopic (exact) mass is 397 g/mol. The van der Waals surface area contributed by atoms with Crippen LogP contribution in [0.15, 0.2) is 54.7 Å². The fraction of sp³-hybridized carbons (Fsp3) is 0.318. The minimum atomic E-state index is 0.594. The van der Waals surface area contributed by atoms with Crippen molar-refractivity contribution in [3.63, 3.8) is 0 Å². The quantitative estimate of drug-likeness (QED) is 0.624. The van der Waals surface area contributed by atoms with Gasteiger partial charge in [-0.3, -0.25) is 4.90 Å². The minimum Gasteiger partial charge on any atom is -0.475 e. The van der Waals surface area contributed by atoms with Crippen molar-refractivity contribution in [2.75, 3.05) is 39.5 Å². The standard InChI is InChI=1S/C22H24ClN3O2/c1-17-2-4-18(5-3-17)21-16-26(20-8-6-19(23)7-9-20)24-22(21)28-15-12-25-10-13-27-14-11-25/h2-9,16H,10-15H2,1H3. The molecule has 3 aromatic rings. The van der Waals surface area contributed by atoms with Crippen LogP contribution in [0.1, 0.15) is 5.56 Å². The molecule has 2 heterocycles. The molecule has 0 bridgehead atoms. The minimum absolute atomic E-state index is 0.594. The molecule has 0 saturated carbocycles. The number of aryl methyl sites for hydroxylation is 1. The van der Waals surface area contributed by atoms with Gasteiger partial charge in [0.05, 0.1) is 24.5 Å². The lowest BCUT2D eigenvalue weighted by atomic mass is 10.1. The molecule has 6 heteroatoms. The van der Waals surface area contributed by atoms with Crippen LogP contribution >= 0.6 is 11.6 Å². The lowest BCUT2D eigenvalue weighted by Crippen LogP contribution is -2.38. The van der Waals surface area contributed by atoms with E-state index in [9.17, 15) is 0 Å². The number of morpholine rings is 1. The van der Waals surface area contributed by atoms with Crippen molar-refractivity contribution in [2.24, 2.45) is 0 Å². The van der Waals surface area contributed by atoms with Crippen molar-refractivity contribution in [3.05, 3.63) is 65.3 Å². The zero-order chi connectivity index (χ0) is 19.3. The van der Waals surface area contributed by atoms with Crippen LogP contribution in [0.25, 0.3) is 16.8 Å². The molecular weight excluding hydrogens is 374 g/mol. The van der Waals surface area contributed by atoms with Gasteiger partial charge in [-0.2, -0.15) is 0 Å². The van der Waals surface area contributed by atoms with Crippen LogP contribution in [0.3, 0.4) is 0 Å². The lowest BCUT2D eigenvalue weighted by molar-refractivity contribution is 0.0320. The molecule has 0 amide bonds. The number of aromatic nitrogens is 2. The van der Waals surface area contributed by atoms with E-state index in [0.29, 0.717) is 17.5 Å². The summed E-state index contributed by atoms with van der Waals surface area (Å²) < 4.78 is 13.4. The summed E-state index contributed by atoms with van der Waals surface area (Å²) in [7, 11) is 0. The Morgan fingerprint density at radius 2 is 1.75 bits per heavy atom. The van der Waals surface area contributed by atoms with E-state index in [0.717, 1.165) is 49.7 Å². The maximum atomic E-state index is 6.11. The number of nitrogens with zero attached hydrogens (tertiary/aromatic N) is 3. The number of halogens is 1. The summed E-state index contributed by atoms with van der Waals surface area (Å²) in [5.41, 5.74) is 4.24. The van der Waals surface area contributed by atoms with E-state index in [2.05, 4.69) is 36.1 Å². The number of ether oxygens (including phenoxy) is 2. The van der Waals surface area contributed by atoms with Gasteiger partial charge in [0, 0.05) is 30.9 Å². The summed E-state index contributed by atoms with van der Waals surface area (Å²) in [5, 5.41) is 5.40. The van der Waals surface area contributed by atoms with Gasteiger partial charge >= 0.3 is 0 Å². The first kappa shape index (κ1) is 19.0. The first-order valence-electron chi connectivity index (χ1n) is 9.54. The second-order valence-corrected chi connectivity index (χ2v) is 7.37. The highest BCUT2D eigenvalue weighted by Crippen LogP contribution is 2.30. The predicted octanol–water partition coefficient (Wildman–Crippen LogP) is 4.21. The fourth-order valence-electron chi connectivity index (χ4n) is 3.22. The van der Waals surface area contributed by atoms with Crippen molar-refractivity contribution < 1.29 is 9.47 Å². The van der Waals surface area contributed by atoms with E-state index >= 15 is 0 Å². The molecule has 1 aliphatic rings. The molecule has 2 aromatic carbocycles. The third kappa shape index (κ3) is 4.55. The Kier molecular flexibility index (Phi) is 5.95. The van der Waals surface area contributed by atoms with E-state index in [1.807, 2.05) is 35.1 Å². The molecule has 4 rings (SSSR count). The maximum Gasteiger partial charge on any atom is 0.241 e. The highest BCUT2D eigenvalue weighted by Gasteiger charge is 2.15. The van der Waals surface area contributed by atoms with Gasteiger partial charge in [-0.25, -0.2) is 4.68 Å². The average molecular weight is 398 g/mol. The summed E-state index contributed by atoms with van der Waals surface area (Å²) in [4.78, 5) is 2.35. The Hall–Kier alpha value is -2.34. The Bertz CT molecular complexity index is 901. The molecule has 0 aliphatic carbocycles. The molecule has 1 aromatic heterocycles. The van der Waals surface area contributed by atoms with Crippen molar-refractivity contribution in [1.29, 1.82) is 0 Å². The van der Waals surface area contributed by atoms with Crippen LogP contribution in [0, 0.1) is 6.92 Å². The molecule has 5 nitrogen and oxygen atoms in total. The summed E-state index contributed by atoms with van der Waals surface area (Å²) in [5.74, 6) is 0.645. The molecule has 1 saturated heterocycles. The SMILES string of the molecule is Cc1ccc(-c2cn(-c3ccc(Cl)cc3)nc2OCCN2CCOCC2)cc1. The van der Waals surface area contributed by atoms with Crippen molar-refractivity contribution >= 4 is 11.6 Å². The van der Waals surface area contributed by atoms with Crippen molar-refractivity contribution in [2.45, 2.75) is 6.92 Å². The summed E-state index contributed by atoms with van der Waals surface area (Å²) in [6.07, 6.45) is 2.01. The first-order chi connectivity index (χ1) is 13.7. The van der Waals surface area contributed by atoms with Crippen LogP contribution in [0.5, 0.6) is 5.88 Å². The van der Waals surface area contributed by atoms with Crippen LogP contribution < -0.4 is 4.74 Å². The van der Waals surface area contributed by atoms with Gasteiger partial charge in [-0.15, -0.1) is 5.10 Å². The van der Waals surface area contributed by atoms with Crippen molar-refractivity contribution in [1.82, 2.24) is 14.7 Å². The Labute approximate surface area is 170 Å². The first-order valence-corrected chi connectivity index (χ1v) is 9.92. The summed E-state index contributed by atoms with van der Waals surface area (Å²) >= 11 is 6.02. The van der Waals surface area contributed by atoms with E-state index in [4.69, 9.17) is 26.2 Å². The van der Waals surface area contributed by atoms with Gasteiger partial charge in [0.2, 0.25) is 5.88 Å². The molecule has 28 heavy (non-hydrogen) atoms. The number of hydrogen-bond donors (Lipinski definition) is 0. The zero-order valence-corrected chi connectivity index (χ0v) is 16.7. The number of hydrogen-bond acceptors (Lipinski definition) is 4. The molecule has 0 radical (unpaired) electrons. The Morgan fingerprint density at radius 1 is 1.04 bits per heavy atom. The molecular formula is C22H24ClN3O2. The molecule has 0 N–H and O–H groups in total. The van der Waals surface area contributed by atoms with Crippen LogP contribution in [-0.4, -0.2) is 54.1 Å².